The lowest BCUT2D eigenvalue weighted by atomic mass is 9.48. The van der Waals surface area contributed by atoms with Crippen LogP contribution in [0.4, 0.5) is 0 Å². The summed E-state index contributed by atoms with van der Waals surface area (Å²) in [6.07, 6.45) is 4.70. The van der Waals surface area contributed by atoms with Crippen LogP contribution in [0.3, 0.4) is 0 Å². The lowest BCUT2D eigenvalue weighted by Crippen LogP contribution is -2.51. The quantitative estimate of drug-likeness (QED) is 0.524. The molecule has 2 heteroatoms. The average molecular weight is 206 g/mol. The molecule has 4 rings (SSSR count). The number of unbranched alkanes of at least 4 members (excludes halogenated alkanes) is 1. The summed E-state index contributed by atoms with van der Waals surface area (Å²) in [5.41, 5.74) is 1.42. The lowest BCUT2D eigenvalue weighted by Gasteiger charge is -2.51. The first-order valence-electron chi connectivity index (χ1n) is 5.97. The van der Waals surface area contributed by atoms with Gasteiger partial charge in [0.1, 0.15) is 6.10 Å². The van der Waals surface area contributed by atoms with E-state index in [0.717, 1.165) is 12.8 Å². The molecule has 0 aromatic heterocycles. The van der Waals surface area contributed by atoms with Crippen molar-refractivity contribution in [3.8, 4) is 0 Å². The Hall–Kier alpha value is -0.790. The van der Waals surface area contributed by atoms with Crippen LogP contribution in [0.5, 0.6) is 0 Å². The van der Waals surface area contributed by atoms with Gasteiger partial charge in [0, 0.05) is 10.8 Å². The summed E-state index contributed by atoms with van der Waals surface area (Å²) in [5, 5.41) is 0. The number of carbonyl (C=O) groups is 1. The van der Waals surface area contributed by atoms with Crippen molar-refractivity contribution in [1.29, 1.82) is 0 Å². The maximum Gasteiger partial charge on any atom is 0.311 e. The van der Waals surface area contributed by atoms with Crippen molar-refractivity contribution in [2.75, 3.05) is 0 Å². The standard InChI is InChI=1S/C13H18O2/c1-4-5-6-13-7-9-12(3,8(13)2)10(13)11(14)15-9/h9-10H,2,4-7H2,1,3H3/t9-,10-,12+,13+/m1/s1. The van der Waals surface area contributed by atoms with Gasteiger partial charge in [-0.3, -0.25) is 4.79 Å². The summed E-state index contributed by atoms with van der Waals surface area (Å²) in [7, 11) is 0. The van der Waals surface area contributed by atoms with E-state index < -0.39 is 0 Å². The van der Waals surface area contributed by atoms with Crippen molar-refractivity contribution in [3.05, 3.63) is 12.2 Å². The van der Waals surface area contributed by atoms with Gasteiger partial charge in [-0.2, -0.15) is 0 Å². The molecule has 0 amide bonds. The molecule has 4 bridgehead atoms. The van der Waals surface area contributed by atoms with E-state index >= 15 is 0 Å². The highest BCUT2D eigenvalue weighted by Crippen LogP contribution is 2.79. The molecule has 1 aliphatic heterocycles. The zero-order chi connectivity index (χ0) is 10.8. The molecule has 3 saturated carbocycles. The van der Waals surface area contributed by atoms with E-state index in [1.165, 1.54) is 18.4 Å². The molecule has 4 aliphatic rings. The van der Waals surface area contributed by atoms with Gasteiger partial charge >= 0.3 is 5.97 Å². The lowest BCUT2D eigenvalue weighted by molar-refractivity contribution is -0.154. The molecule has 3 aliphatic carbocycles. The van der Waals surface area contributed by atoms with Gasteiger partial charge in [-0.15, -0.1) is 0 Å². The zero-order valence-corrected chi connectivity index (χ0v) is 9.51. The predicted molar refractivity (Wildman–Crippen MR) is 57.2 cm³/mol. The van der Waals surface area contributed by atoms with Crippen molar-refractivity contribution in [1.82, 2.24) is 0 Å². The van der Waals surface area contributed by atoms with E-state index in [9.17, 15) is 4.79 Å². The van der Waals surface area contributed by atoms with E-state index in [1.54, 1.807) is 0 Å². The van der Waals surface area contributed by atoms with Crippen LogP contribution < -0.4 is 0 Å². The van der Waals surface area contributed by atoms with E-state index in [0.29, 0.717) is 0 Å². The number of carbonyl (C=O) groups excluding carboxylic acids is 1. The fourth-order valence-electron chi connectivity index (χ4n) is 4.28. The third kappa shape index (κ3) is 0.745. The Morgan fingerprint density at radius 3 is 2.93 bits per heavy atom. The summed E-state index contributed by atoms with van der Waals surface area (Å²) in [4.78, 5) is 11.7. The maximum absolute atomic E-state index is 11.7. The molecule has 0 radical (unpaired) electrons. The topological polar surface area (TPSA) is 26.3 Å². The number of rotatable bonds is 3. The third-order valence-electron chi connectivity index (χ3n) is 5.09. The summed E-state index contributed by atoms with van der Waals surface area (Å²) in [5.74, 6) is 0.173. The van der Waals surface area contributed by atoms with E-state index in [1.807, 2.05) is 0 Å². The van der Waals surface area contributed by atoms with E-state index in [4.69, 9.17) is 4.74 Å². The van der Waals surface area contributed by atoms with Crippen molar-refractivity contribution in [3.63, 3.8) is 0 Å². The summed E-state index contributed by atoms with van der Waals surface area (Å²) in [6.45, 7) is 8.58. The van der Waals surface area contributed by atoms with Gasteiger partial charge in [-0.1, -0.05) is 38.8 Å². The Morgan fingerprint density at radius 1 is 1.60 bits per heavy atom. The maximum atomic E-state index is 11.7. The number of ether oxygens (including phenoxy) is 1. The minimum Gasteiger partial charge on any atom is -0.461 e. The van der Waals surface area contributed by atoms with Gasteiger partial charge in [0.15, 0.2) is 0 Å². The highest BCUT2D eigenvalue weighted by atomic mass is 16.6. The van der Waals surface area contributed by atoms with Crippen LogP contribution in [-0.2, 0) is 9.53 Å². The molecule has 4 atom stereocenters. The molecule has 1 saturated heterocycles. The smallest absolute Gasteiger partial charge is 0.311 e. The largest absolute Gasteiger partial charge is 0.461 e. The molecular weight excluding hydrogens is 188 g/mol. The Kier molecular flexibility index (Phi) is 1.56. The highest BCUT2D eigenvalue weighted by Gasteiger charge is 2.80. The van der Waals surface area contributed by atoms with Crippen LogP contribution in [0.15, 0.2) is 12.2 Å². The van der Waals surface area contributed by atoms with E-state index in [-0.39, 0.29) is 28.8 Å². The van der Waals surface area contributed by atoms with Crippen LogP contribution in [0.1, 0.15) is 39.5 Å². The molecule has 0 aromatic carbocycles. The van der Waals surface area contributed by atoms with Crippen LogP contribution in [0.25, 0.3) is 0 Å². The molecule has 0 spiro atoms. The second-order valence-corrected chi connectivity index (χ2v) is 5.58. The molecule has 82 valence electrons. The highest BCUT2D eigenvalue weighted by molar-refractivity contribution is 5.84. The van der Waals surface area contributed by atoms with Crippen molar-refractivity contribution in [2.45, 2.75) is 45.6 Å². The Balaban J connectivity index is 1.95. The molecule has 15 heavy (non-hydrogen) atoms. The second kappa shape index (κ2) is 2.47. The van der Waals surface area contributed by atoms with Gasteiger partial charge in [0.2, 0.25) is 0 Å². The summed E-state index contributed by atoms with van der Waals surface area (Å²) < 4.78 is 5.39. The zero-order valence-electron chi connectivity index (χ0n) is 9.51. The molecule has 0 N–H and O–H groups in total. The van der Waals surface area contributed by atoms with Crippen molar-refractivity contribution >= 4 is 5.97 Å². The molecule has 2 nitrogen and oxygen atoms in total. The van der Waals surface area contributed by atoms with Gasteiger partial charge in [0.05, 0.1) is 5.92 Å². The molecule has 4 fully saturated rings. The fraction of sp³-hybridized carbons (Fsp3) is 0.769. The Bertz CT molecular complexity index is 360. The fourth-order valence-corrected chi connectivity index (χ4v) is 4.28. The van der Waals surface area contributed by atoms with Crippen LogP contribution in [0.2, 0.25) is 0 Å². The van der Waals surface area contributed by atoms with Crippen LogP contribution >= 0.6 is 0 Å². The summed E-state index contributed by atoms with van der Waals surface area (Å²) in [6, 6.07) is 0. The Labute approximate surface area is 90.7 Å². The van der Waals surface area contributed by atoms with Gasteiger partial charge < -0.3 is 4.74 Å². The van der Waals surface area contributed by atoms with Gasteiger partial charge in [-0.05, 0) is 12.8 Å². The minimum absolute atomic E-state index is 0.00910. The number of esters is 1. The normalized spacial score (nSPS) is 50.5. The molecule has 1 heterocycles. The Morgan fingerprint density at radius 2 is 2.33 bits per heavy atom. The SMILES string of the molecule is C=C1[C@]2(CCCC)C[C@H]3OC(=O)[C@@H]2[C@@]13C. The first kappa shape index (κ1) is 9.44. The number of hydrogen-bond acceptors (Lipinski definition) is 2. The van der Waals surface area contributed by atoms with Crippen molar-refractivity contribution in [2.24, 2.45) is 16.7 Å². The number of hydrogen-bond donors (Lipinski definition) is 0. The molecule has 0 unspecified atom stereocenters. The van der Waals surface area contributed by atoms with E-state index in [2.05, 4.69) is 20.4 Å². The predicted octanol–water partition coefficient (Wildman–Crippen LogP) is 2.68. The summed E-state index contributed by atoms with van der Waals surface area (Å²) >= 11 is 0. The monoisotopic (exact) mass is 206 g/mol. The molecular formula is C13H18O2. The average Bonchev–Trinajstić information content (AvgIpc) is 2.68. The second-order valence-electron chi connectivity index (χ2n) is 5.58. The molecule has 0 aromatic rings. The minimum atomic E-state index is -0.00910. The van der Waals surface area contributed by atoms with Gasteiger partial charge in [0.25, 0.3) is 0 Å². The van der Waals surface area contributed by atoms with Crippen molar-refractivity contribution < 1.29 is 9.53 Å². The third-order valence-corrected chi connectivity index (χ3v) is 5.09. The van der Waals surface area contributed by atoms with Crippen LogP contribution in [0, 0.1) is 16.7 Å². The van der Waals surface area contributed by atoms with Gasteiger partial charge in [-0.25, -0.2) is 0 Å². The first-order valence-corrected chi connectivity index (χ1v) is 5.97. The first-order chi connectivity index (χ1) is 7.07. The van der Waals surface area contributed by atoms with Crippen LogP contribution in [-0.4, -0.2) is 12.1 Å².